The minimum absolute atomic E-state index is 0.0736. The fourth-order valence-electron chi connectivity index (χ4n) is 5.19. The van der Waals surface area contributed by atoms with Gasteiger partial charge >= 0.3 is 0 Å². The molecule has 2 saturated carbocycles. The van der Waals surface area contributed by atoms with Gasteiger partial charge in [-0.25, -0.2) is 4.68 Å². The van der Waals surface area contributed by atoms with Crippen LogP contribution in [0, 0.1) is 11.8 Å². The number of hydrogen-bond acceptors (Lipinski definition) is 8. The molecule has 0 radical (unpaired) electrons. The number of ether oxygens (including phenoxy) is 1. The number of halogens is 1. The van der Waals surface area contributed by atoms with Crippen LogP contribution in [0.15, 0.2) is 6.20 Å². The largest absolute Gasteiger partial charge is 0.394 e. The lowest BCUT2D eigenvalue weighted by atomic mass is 9.97. The van der Waals surface area contributed by atoms with Gasteiger partial charge in [-0.15, -0.1) is 0 Å². The summed E-state index contributed by atoms with van der Waals surface area (Å²) in [6.45, 7) is -0.402. The molecule has 1 saturated heterocycles. The Morgan fingerprint density at radius 1 is 1.18 bits per heavy atom. The summed E-state index contributed by atoms with van der Waals surface area (Å²) in [5.74, 6) is 2.09. The zero-order chi connectivity index (χ0) is 19.4. The zero-order valence-electron chi connectivity index (χ0n) is 15.3. The smallest absolute Gasteiger partial charge is 0.226 e. The molecule has 2 aromatic rings. The van der Waals surface area contributed by atoms with Gasteiger partial charge in [0.1, 0.15) is 24.1 Å². The monoisotopic (exact) mass is 409 g/mol. The van der Waals surface area contributed by atoms with Crippen LogP contribution >= 0.6 is 11.6 Å². The van der Waals surface area contributed by atoms with Crippen molar-refractivity contribution in [3.63, 3.8) is 0 Å². The summed E-state index contributed by atoms with van der Waals surface area (Å²) < 4.78 is 6.98. The second-order valence-electron chi connectivity index (χ2n) is 8.08. The second kappa shape index (κ2) is 7.07. The van der Waals surface area contributed by atoms with Crippen LogP contribution in [0.2, 0.25) is 5.28 Å². The Bertz CT molecular complexity index is 879. The molecule has 0 spiro atoms. The van der Waals surface area contributed by atoms with E-state index < -0.39 is 31.1 Å². The average Bonchev–Trinajstić information content (AvgIpc) is 3.42. The van der Waals surface area contributed by atoms with Crippen molar-refractivity contribution < 1.29 is 20.1 Å². The number of aromatic nitrogens is 4. The number of rotatable bonds is 4. The number of fused-ring (bicyclic) bond motifs is 2. The minimum atomic E-state index is -1.24. The maximum Gasteiger partial charge on any atom is 0.226 e. The molecule has 152 valence electrons. The van der Waals surface area contributed by atoms with Crippen LogP contribution < -0.4 is 5.32 Å². The quantitative estimate of drug-likeness (QED) is 0.553. The van der Waals surface area contributed by atoms with Gasteiger partial charge in [-0.2, -0.15) is 15.1 Å². The summed E-state index contributed by atoms with van der Waals surface area (Å²) in [5.41, 5.74) is 0.415. The van der Waals surface area contributed by atoms with Gasteiger partial charge in [0.15, 0.2) is 11.9 Å². The molecule has 5 rings (SSSR count). The van der Waals surface area contributed by atoms with Gasteiger partial charge in [0.25, 0.3) is 0 Å². The molecule has 28 heavy (non-hydrogen) atoms. The van der Waals surface area contributed by atoms with E-state index >= 15 is 0 Å². The van der Waals surface area contributed by atoms with Crippen molar-refractivity contribution in [2.24, 2.45) is 11.8 Å². The highest BCUT2D eigenvalue weighted by atomic mass is 35.5. The van der Waals surface area contributed by atoms with Crippen LogP contribution in [0.1, 0.15) is 38.3 Å². The maximum atomic E-state index is 10.3. The Kier molecular flexibility index (Phi) is 4.67. The Morgan fingerprint density at radius 3 is 2.82 bits per heavy atom. The summed E-state index contributed by atoms with van der Waals surface area (Å²) in [6, 6.07) is 0.360. The third kappa shape index (κ3) is 2.88. The van der Waals surface area contributed by atoms with Gasteiger partial charge in [-0.05, 0) is 42.7 Å². The molecule has 3 fully saturated rings. The van der Waals surface area contributed by atoms with Gasteiger partial charge < -0.3 is 25.4 Å². The first kappa shape index (κ1) is 18.5. The van der Waals surface area contributed by atoms with E-state index in [0.29, 0.717) is 28.8 Å². The van der Waals surface area contributed by atoms with Crippen molar-refractivity contribution >= 4 is 28.5 Å². The summed E-state index contributed by atoms with van der Waals surface area (Å²) in [7, 11) is 0. The first-order chi connectivity index (χ1) is 13.6. The Morgan fingerprint density at radius 2 is 2.04 bits per heavy atom. The summed E-state index contributed by atoms with van der Waals surface area (Å²) >= 11 is 6.18. The number of aliphatic hydroxyl groups is 3. The molecule has 3 heterocycles. The molecule has 9 nitrogen and oxygen atoms in total. The fourth-order valence-corrected chi connectivity index (χ4v) is 5.36. The van der Waals surface area contributed by atoms with Crippen LogP contribution in [0.5, 0.6) is 0 Å². The van der Waals surface area contributed by atoms with E-state index in [2.05, 4.69) is 20.4 Å². The zero-order valence-corrected chi connectivity index (χ0v) is 16.0. The summed E-state index contributed by atoms with van der Waals surface area (Å²) in [6.07, 6.45) is 3.52. The van der Waals surface area contributed by atoms with Crippen LogP contribution in [0.3, 0.4) is 0 Å². The molecule has 7 atom stereocenters. The van der Waals surface area contributed by atoms with Crippen molar-refractivity contribution in [1.29, 1.82) is 0 Å². The lowest BCUT2D eigenvalue weighted by Gasteiger charge is -2.21. The second-order valence-corrected chi connectivity index (χ2v) is 8.42. The van der Waals surface area contributed by atoms with Crippen molar-refractivity contribution in [1.82, 2.24) is 19.7 Å². The first-order valence-corrected chi connectivity index (χ1v) is 10.2. The van der Waals surface area contributed by atoms with E-state index in [4.69, 9.17) is 16.3 Å². The normalized spacial score (nSPS) is 37.6. The average molecular weight is 410 g/mol. The van der Waals surface area contributed by atoms with Crippen LogP contribution in [-0.2, 0) is 4.74 Å². The highest BCUT2D eigenvalue weighted by molar-refractivity contribution is 6.28. The minimum Gasteiger partial charge on any atom is -0.394 e. The van der Waals surface area contributed by atoms with Gasteiger partial charge in [-0.3, -0.25) is 0 Å². The lowest BCUT2D eigenvalue weighted by Crippen LogP contribution is -2.33. The lowest BCUT2D eigenvalue weighted by molar-refractivity contribution is -0.0566. The fraction of sp³-hybridized carbons (Fsp3) is 0.722. The van der Waals surface area contributed by atoms with E-state index in [1.807, 2.05) is 0 Å². The molecule has 0 aromatic carbocycles. The van der Waals surface area contributed by atoms with Crippen molar-refractivity contribution in [2.45, 2.75) is 62.7 Å². The van der Waals surface area contributed by atoms with Gasteiger partial charge in [0.05, 0.1) is 18.2 Å². The van der Waals surface area contributed by atoms with E-state index in [-0.39, 0.29) is 5.28 Å². The van der Waals surface area contributed by atoms with Crippen molar-refractivity contribution in [3.8, 4) is 0 Å². The third-order valence-electron chi connectivity index (χ3n) is 6.59. The molecule has 0 unspecified atom stereocenters. The number of nitrogens with zero attached hydrogens (tertiary/aromatic N) is 4. The number of anilines is 1. The first-order valence-electron chi connectivity index (χ1n) is 9.86. The SMILES string of the molecule is OC[C@H]1O[C@@H](n2ncc3c(N[C@@H]4CC[C@H]5CCC[C@H]54)nc(Cl)nc32)[C@H](O)[C@@H]1O. The topological polar surface area (TPSA) is 126 Å². The highest BCUT2D eigenvalue weighted by Crippen LogP contribution is 2.45. The number of hydrogen-bond donors (Lipinski definition) is 4. The predicted octanol–water partition coefficient (Wildman–Crippen LogP) is 1.08. The third-order valence-corrected chi connectivity index (χ3v) is 6.76. The van der Waals surface area contributed by atoms with E-state index in [0.717, 1.165) is 12.3 Å². The molecular formula is C18H24ClN5O4. The van der Waals surface area contributed by atoms with Gasteiger partial charge in [-0.1, -0.05) is 12.8 Å². The molecule has 4 N–H and O–H groups in total. The Balaban J connectivity index is 1.47. The van der Waals surface area contributed by atoms with Gasteiger partial charge in [0, 0.05) is 6.04 Å². The summed E-state index contributed by atoms with van der Waals surface area (Å²) in [5, 5.41) is 38.3. The number of nitrogens with one attached hydrogen (secondary N) is 1. The van der Waals surface area contributed by atoms with E-state index in [1.54, 1.807) is 6.20 Å². The highest BCUT2D eigenvalue weighted by Gasteiger charge is 2.45. The van der Waals surface area contributed by atoms with E-state index in [9.17, 15) is 15.3 Å². The molecule has 1 aliphatic heterocycles. The Hall–Kier alpha value is -1.52. The molecular weight excluding hydrogens is 386 g/mol. The molecule has 2 aliphatic carbocycles. The van der Waals surface area contributed by atoms with Crippen LogP contribution in [0.4, 0.5) is 5.82 Å². The van der Waals surface area contributed by atoms with Crippen molar-refractivity contribution in [3.05, 3.63) is 11.5 Å². The standard InChI is InChI=1S/C18H24ClN5O4/c19-18-22-15(21-11-5-4-8-2-1-3-9(8)11)10-6-20-24(16(10)23-18)17-14(27)13(26)12(7-25)28-17/h6,8-9,11-14,17,25-27H,1-5,7H2,(H,21,22,23)/t8-,9-,11-,12-,13-,14-,17-/m1/s1. The molecule has 10 heteroatoms. The molecule has 0 bridgehead atoms. The number of aliphatic hydroxyl groups excluding tert-OH is 3. The van der Waals surface area contributed by atoms with E-state index in [1.165, 1.54) is 30.4 Å². The van der Waals surface area contributed by atoms with Crippen molar-refractivity contribution in [2.75, 3.05) is 11.9 Å². The van der Waals surface area contributed by atoms with Gasteiger partial charge in [0.2, 0.25) is 5.28 Å². The summed E-state index contributed by atoms with van der Waals surface area (Å²) in [4.78, 5) is 8.65. The Labute approximate surface area is 166 Å². The van der Waals surface area contributed by atoms with Crippen LogP contribution in [-0.4, -0.2) is 66.0 Å². The van der Waals surface area contributed by atoms with Crippen LogP contribution in [0.25, 0.3) is 11.0 Å². The maximum absolute atomic E-state index is 10.3. The molecule has 3 aliphatic rings. The molecule has 0 amide bonds. The molecule has 2 aromatic heterocycles. The predicted molar refractivity (Wildman–Crippen MR) is 101 cm³/mol.